The van der Waals surface area contributed by atoms with Crippen LogP contribution < -0.4 is 9.64 Å². The second-order valence-electron chi connectivity index (χ2n) is 9.49. The zero-order valence-corrected chi connectivity index (χ0v) is 23.4. The molecule has 3 heterocycles. The van der Waals surface area contributed by atoms with Crippen molar-refractivity contribution in [2.45, 2.75) is 43.6 Å². The number of hydrogen-bond donors (Lipinski definition) is 0. The molecule has 7 nitrogen and oxygen atoms in total. The van der Waals surface area contributed by atoms with Crippen LogP contribution in [0.1, 0.15) is 19.8 Å². The van der Waals surface area contributed by atoms with Gasteiger partial charge in [0.15, 0.2) is 0 Å². The summed E-state index contributed by atoms with van der Waals surface area (Å²) < 4.78 is 23.3. The number of benzene rings is 1. The van der Waals surface area contributed by atoms with Gasteiger partial charge in [0.05, 0.1) is 24.9 Å². The van der Waals surface area contributed by atoms with Crippen LogP contribution in [-0.4, -0.2) is 76.3 Å². The summed E-state index contributed by atoms with van der Waals surface area (Å²) in [5, 5.41) is 0.526. The third-order valence-corrected chi connectivity index (χ3v) is 8.69. The smallest absolute Gasteiger partial charge is 0.215 e. The summed E-state index contributed by atoms with van der Waals surface area (Å²) in [5.74, 6) is 0.999. The molecule has 10 heteroatoms. The second-order valence-corrected chi connectivity index (χ2v) is 11.7. The maximum atomic E-state index is 6.64. The minimum absolute atomic E-state index is 0.131. The first kappa shape index (κ1) is 26.9. The highest BCUT2D eigenvalue weighted by molar-refractivity contribution is 7.97. The topological polar surface area (TPSA) is 52.0 Å². The van der Waals surface area contributed by atoms with Crippen LogP contribution in [0.2, 0.25) is 0 Å². The van der Waals surface area contributed by atoms with Gasteiger partial charge in [-0.25, -0.2) is 9.29 Å². The number of aromatic nitrogens is 2. The maximum absolute atomic E-state index is 6.64. The maximum Gasteiger partial charge on any atom is 0.215 e. The SMILES string of the molecule is CCCSN1CCN(c2ccc(OCC3CO[C@@](Cn4ccnc4)(C4=C(Cl)CC(Cl)C=C4)O3)cc2)CC1. The molecule has 2 saturated heterocycles. The number of hydrogen-bond acceptors (Lipinski definition) is 7. The first-order valence-electron chi connectivity index (χ1n) is 12.9. The van der Waals surface area contributed by atoms with E-state index < -0.39 is 5.79 Å². The number of anilines is 1. The predicted octanol–water partition coefficient (Wildman–Crippen LogP) is 5.31. The van der Waals surface area contributed by atoms with Crippen molar-refractivity contribution in [1.29, 1.82) is 0 Å². The largest absolute Gasteiger partial charge is 0.491 e. The van der Waals surface area contributed by atoms with Gasteiger partial charge < -0.3 is 23.7 Å². The van der Waals surface area contributed by atoms with E-state index in [4.69, 9.17) is 37.4 Å². The first-order chi connectivity index (χ1) is 18.0. The van der Waals surface area contributed by atoms with E-state index in [-0.39, 0.29) is 11.5 Å². The van der Waals surface area contributed by atoms with E-state index in [1.807, 2.05) is 47.0 Å². The molecule has 2 fully saturated rings. The lowest BCUT2D eigenvalue weighted by atomic mass is 9.98. The number of imidazole rings is 1. The van der Waals surface area contributed by atoms with Crippen molar-refractivity contribution in [2.24, 2.45) is 0 Å². The van der Waals surface area contributed by atoms with Crippen molar-refractivity contribution < 1.29 is 14.2 Å². The fraction of sp³-hybridized carbons (Fsp3) is 0.519. The number of ether oxygens (including phenoxy) is 3. The summed E-state index contributed by atoms with van der Waals surface area (Å²) in [6.45, 7) is 7.71. The molecule has 3 aliphatic rings. The van der Waals surface area contributed by atoms with E-state index in [9.17, 15) is 0 Å². The number of nitrogens with zero attached hydrogens (tertiary/aromatic N) is 4. The Labute approximate surface area is 233 Å². The molecule has 200 valence electrons. The number of allylic oxidation sites excluding steroid dienone is 2. The Balaban J connectivity index is 1.18. The Morgan fingerprint density at radius 2 is 2.00 bits per heavy atom. The Morgan fingerprint density at radius 1 is 1.19 bits per heavy atom. The Morgan fingerprint density at radius 3 is 2.70 bits per heavy atom. The quantitative estimate of drug-likeness (QED) is 0.286. The Kier molecular flexibility index (Phi) is 9.05. The van der Waals surface area contributed by atoms with E-state index in [1.54, 1.807) is 12.5 Å². The van der Waals surface area contributed by atoms with Gasteiger partial charge in [-0.05, 0) is 30.7 Å². The van der Waals surface area contributed by atoms with Crippen LogP contribution in [0, 0.1) is 0 Å². The van der Waals surface area contributed by atoms with Crippen LogP contribution in [0.25, 0.3) is 0 Å². The number of alkyl halides is 1. The zero-order valence-electron chi connectivity index (χ0n) is 21.1. The molecular weight excluding hydrogens is 531 g/mol. The molecule has 0 bridgehead atoms. The summed E-state index contributed by atoms with van der Waals surface area (Å²) in [7, 11) is 0. The van der Waals surface area contributed by atoms with E-state index in [2.05, 4.69) is 33.2 Å². The third kappa shape index (κ3) is 6.67. The van der Waals surface area contributed by atoms with Crippen LogP contribution in [0.5, 0.6) is 5.75 Å². The summed E-state index contributed by atoms with van der Waals surface area (Å²) in [6.07, 6.45) is 10.7. The molecule has 1 aromatic carbocycles. The minimum Gasteiger partial charge on any atom is -0.491 e. The Hall–Kier alpha value is -1.68. The van der Waals surface area contributed by atoms with E-state index in [0.29, 0.717) is 31.2 Å². The highest BCUT2D eigenvalue weighted by atomic mass is 35.5. The third-order valence-electron chi connectivity index (χ3n) is 6.71. The van der Waals surface area contributed by atoms with E-state index in [0.717, 1.165) is 37.5 Å². The van der Waals surface area contributed by atoms with Crippen molar-refractivity contribution in [1.82, 2.24) is 13.9 Å². The molecule has 37 heavy (non-hydrogen) atoms. The lowest BCUT2D eigenvalue weighted by Crippen LogP contribution is -2.43. The fourth-order valence-electron chi connectivity index (χ4n) is 4.79. The molecule has 3 atom stereocenters. The van der Waals surface area contributed by atoms with Gasteiger partial charge in [-0.1, -0.05) is 42.6 Å². The van der Waals surface area contributed by atoms with Gasteiger partial charge in [0.2, 0.25) is 5.79 Å². The second kappa shape index (κ2) is 12.5. The normalized spacial score (nSPS) is 26.7. The molecule has 1 aliphatic carbocycles. The lowest BCUT2D eigenvalue weighted by Gasteiger charge is -2.35. The molecule has 2 aromatic rings. The average Bonchev–Trinajstić information content (AvgIpc) is 3.57. The molecule has 0 radical (unpaired) electrons. The van der Waals surface area contributed by atoms with E-state index >= 15 is 0 Å². The predicted molar refractivity (Wildman–Crippen MR) is 151 cm³/mol. The fourth-order valence-corrected chi connectivity index (χ4v) is 6.33. The molecule has 0 N–H and O–H groups in total. The molecule has 2 unspecified atom stereocenters. The number of piperazine rings is 1. The molecule has 2 aliphatic heterocycles. The van der Waals surface area contributed by atoms with Crippen LogP contribution in [0.3, 0.4) is 0 Å². The molecule has 0 saturated carbocycles. The van der Waals surface area contributed by atoms with Crippen molar-refractivity contribution >= 4 is 40.8 Å². The zero-order chi connectivity index (χ0) is 25.7. The van der Waals surface area contributed by atoms with E-state index in [1.165, 1.54) is 17.9 Å². The van der Waals surface area contributed by atoms with Gasteiger partial charge in [-0.2, -0.15) is 0 Å². The Bertz CT molecular complexity index is 1070. The molecule has 5 rings (SSSR count). The van der Waals surface area contributed by atoms with Crippen molar-refractivity contribution in [3.05, 3.63) is 65.7 Å². The summed E-state index contributed by atoms with van der Waals surface area (Å²) in [4.78, 5) is 6.59. The van der Waals surface area contributed by atoms with Crippen LogP contribution in [0.15, 0.2) is 65.7 Å². The standard InChI is InChI=1S/C27H34Cl2N4O3S/c1-2-15-37-33-13-11-32(12-14-33)22-4-6-23(7-5-22)34-17-24-18-35-27(36-24,19-31-10-9-30-20-31)25-8-3-21(28)16-26(25)29/h3-10,20-21,24H,2,11-19H2,1H3/t21?,24?,27-/m1/s1. The van der Waals surface area contributed by atoms with Crippen LogP contribution >= 0.6 is 35.1 Å². The summed E-state index contributed by atoms with van der Waals surface area (Å²) >= 11 is 14.9. The van der Waals surface area contributed by atoms with Gasteiger partial charge in [-0.15, -0.1) is 11.6 Å². The molecule has 1 aromatic heterocycles. The van der Waals surface area contributed by atoms with Crippen LogP contribution in [-0.2, 0) is 16.0 Å². The van der Waals surface area contributed by atoms with Gasteiger partial charge in [0.25, 0.3) is 0 Å². The highest BCUT2D eigenvalue weighted by Gasteiger charge is 2.46. The first-order valence-corrected chi connectivity index (χ1v) is 14.6. The minimum atomic E-state index is -1.01. The van der Waals surface area contributed by atoms with Crippen LogP contribution in [0.4, 0.5) is 5.69 Å². The van der Waals surface area contributed by atoms with Crippen molar-refractivity contribution in [3.63, 3.8) is 0 Å². The van der Waals surface area contributed by atoms with Gasteiger partial charge in [-0.3, -0.25) is 0 Å². The average molecular weight is 566 g/mol. The molecular formula is C27H34Cl2N4O3S. The molecule has 0 spiro atoms. The highest BCUT2D eigenvalue weighted by Crippen LogP contribution is 2.40. The number of rotatable bonds is 10. The van der Waals surface area contributed by atoms with Gasteiger partial charge >= 0.3 is 0 Å². The summed E-state index contributed by atoms with van der Waals surface area (Å²) in [5.41, 5.74) is 2.04. The monoisotopic (exact) mass is 564 g/mol. The van der Waals surface area contributed by atoms with Crippen molar-refractivity contribution in [3.8, 4) is 5.75 Å². The van der Waals surface area contributed by atoms with Crippen molar-refractivity contribution in [2.75, 3.05) is 50.0 Å². The lowest BCUT2D eigenvalue weighted by molar-refractivity contribution is -0.149. The summed E-state index contributed by atoms with van der Waals surface area (Å²) in [6, 6.07) is 8.34. The van der Waals surface area contributed by atoms with Gasteiger partial charge in [0, 0.05) is 67.0 Å². The van der Waals surface area contributed by atoms with Gasteiger partial charge in [0.1, 0.15) is 18.5 Å². The number of halogens is 2. The molecule has 0 amide bonds.